The smallest absolute Gasteiger partial charge is 0.309 e. The highest BCUT2D eigenvalue weighted by Crippen LogP contribution is 2.22. The van der Waals surface area contributed by atoms with Crippen LogP contribution in [0.25, 0.3) is 0 Å². The molecule has 0 unspecified atom stereocenters. The molecule has 0 saturated carbocycles. The fraction of sp³-hybridized carbons (Fsp3) is 0.333. The molecule has 6 heteroatoms. The van der Waals surface area contributed by atoms with Crippen molar-refractivity contribution in [3.63, 3.8) is 0 Å². The van der Waals surface area contributed by atoms with Crippen LogP contribution in [0.3, 0.4) is 0 Å². The van der Waals surface area contributed by atoms with Gasteiger partial charge in [-0.1, -0.05) is 29.8 Å². The summed E-state index contributed by atoms with van der Waals surface area (Å²) < 4.78 is 32.2. The first-order valence-corrected chi connectivity index (χ1v) is 8.90. The summed E-state index contributed by atoms with van der Waals surface area (Å²) in [6.07, 6.45) is 0.919. The van der Waals surface area contributed by atoms with Crippen LogP contribution in [-0.2, 0) is 16.1 Å². The number of piperidine rings is 1. The quantitative estimate of drug-likeness (QED) is 0.765. The van der Waals surface area contributed by atoms with E-state index in [1.807, 2.05) is 31.2 Å². The van der Waals surface area contributed by atoms with Crippen molar-refractivity contribution in [2.45, 2.75) is 26.4 Å². The van der Waals surface area contributed by atoms with Gasteiger partial charge >= 0.3 is 5.97 Å². The number of halogens is 2. The van der Waals surface area contributed by atoms with Crippen LogP contribution in [-0.4, -0.2) is 29.9 Å². The van der Waals surface area contributed by atoms with Crippen LogP contribution in [0.4, 0.5) is 8.78 Å². The van der Waals surface area contributed by atoms with E-state index in [9.17, 15) is 18.4 Å². The van der Waals surface area contributed by atoms with Gasteiger partial charge in [-0.15, -0.1) is 0 Å². The lowest BCUT2D eigenvalue weighted by molar-refractivity contribution is -0.151. The third-order valence-corrected chi connectivity index (χ3v) is 4.74. The van der Waals surface area contributed by atoms with E-state index in [0.717, 1.165) is 23.3 Å². The second-order valence-electron chi connectivity index (χ2n) is 6.79. The van der Waals surface area contributed by atoms with Crippen molar-refractivity contribution in [3.8, 4) is 0 Å². The maximum Gasteiger partial charge on any atom is 0.309 e. The summed E-state index contributed by atoms with van der Waals surface area (Å²) in [5, 5.41) is 0. The van der Waals surface area contributed by atoms with Crippen LogP contribution < -0.4 is 0 Å². The number of rotatable bonds is 4. The molecule has 0 N–H and O–H groups in total. The Bertz CT molecular complexity index is 845. The highest BCUT2D eigenvalue weighted by Gasteiger charge is 2.29. The van der Waals surface area contributed by atoms with Crippen molar-refractivity contribution < 1.29 is 23.1 Å². The molecule has 0 aromatic heterocycles. The van der Waals surface area contributed by atoms with E-state index in [1.165, 1.54) is 4.90 Å². The van der Waals surface area contributed by atoms with Gasteiger partial charge in [0.05, 0.1) is 11.5 Å². The second-order valence-corrected chi connectivity index (χ2v) is 6.79. The Morgan fingerprint density at radius 2 is 1.85 bits per heavy atom. The lowest BCUT2D eigenvalue weighted by Gasteiger charge is -2.31. The molecular formula is C21H21F2NO3. The van der Waals surface area contributed by atoms with E-state index in [2.05, 4.69) is 0 Å². The number of amides is 1. The number of hydrogen-bond donors (Lipinski definition) is 0. The summed E-state index contributed by atoms with van der Waals surface area (Å²) in [6, 6.07) is 10.7. The highest BCUT2D eigenvalue weighted by molar-refractivity contribution is 5.94. The number of nitrogens with zero attached hydrogens (tertiary/aromatic N) is 1. The first-order valence-electron chi connectivity index (χ1n) is 8.90. The third-order valence-electron chi connectivity index (χ3n) is 4.74. The van der Waals surface area contributed by atoms with E-state index in [4.69, 9.17) is 4.74 Å². The molecule has 0 atom stereocenters. The average Bonchev–Trinajstić information content (AvgIpc) is 2.66. The Balaban J connectivity index is 1.52. The third kappa shape index (κ3) is 4.70. The molecule has 3 rings (SSSR count). The Labute approximate surface area is 156 Å². The standard InChI is InChI=1S/C21H21F2NO3/c1-14-3-2-4-15(11-14)13-27-21(26)16-7-9-24(10-8-16)20(25)18-6-5-17(22)12-19(18)23/h2-6,11-12,16H,7-10,13H2,1H3. The van der Waals surface area contributed by atoms with Gasteiger partial charge in [-0.25, -0.2) is 8.78 Å². The lowest BCUT2D eigenvalue weighted by Crippen LogP contribution is -2.41. The highest BCUT2D eigenvalue weighted by atomic mass is 19.1. The van der Waals surface area contributed by atoms with Gasteiger partial charge in [-0.3, -0.25) is 9.59 Å². The van der Waals surface area contributed by atoms with Gasteiger partial charge in [-0.05, 0) is 37.5 Å². The van der Waals surface area contributed by atoms with Gasteiger partial charge in [0, 0.05) is 19.2 Å². The average molecular weight is 373 g/mol. The van der Waals surface area contributed by atoms with Gasteiger partial charge in [-0.2, -0.15) is 0 Å². The number of carbonyl (C=O) groups is 2. The zero-order chi connectivity index (χ0) is 19.4. The molecule has 1 saturated heterocycles. The number of hydrogen-bond acceptors (Lipinski definition) is 3. The first-order chi connectivity index (χ1) is 12.9. The Morgan fingerprint density at radius 3 is 2.52 bits per heavy atom. The number of benzene rings is 2. The second kappa shape index (κ2) is 8.29. The fourth-order valence-corrected chi connectivity index (χ4v) is 3.23. The van der Waals surface area contributed by atoms with Crippen molar-refractivity contribution in [1.29, 1.82) is 0 Å². The predicted molar refractivity (Wildman–Crippen MR) is 96.0 cm³/mol. The van der Waals surface area contributed by atoms with E-state index in [1.54, 1.807) is 0 Å². The molecule has 0 spiro atoms. The SMILES string of the molecule is Cc1cccc(COC(=O)C2CCN(C(=O)c3ccc(F)cc3F)CC2)c1. The molecule has 2 aromatic carbocycles. The molecular weight excluding hydrogens is 352 g/mol. The summed E-state index contributed by atoms with van der Waals surface area (Å²) in [4.78, 5) is 26.2. The van der Waals surface area contributed by atoms with Crippen LogP contribution in [0, 0.1) is 24.5 Å². The normalized spacial score (nSPS) is 14.9. The van der Waals surface area contributed by atoms with E-state index in [0.29, 0.717) is 32.0 Å². The van der Waals surface area contributed by atoms with Crippen LogP contribution in [0.2, 0.25) is 0 Å². The summed E-state index contributed by atoms with van der Waals surface area (Å²) >= 11 is 0. The van der Waals surface area contributed by atoms with Crippen LogP contribution in [0.1, 0.15) is 34.3 Å². The maximum absolute atomic E-state index is 13.8. The maximum atomic E-state index is 13.8. The summed E-state index contributed by atoms with van der Waals surface area (Å²) in [6.45, 7) is 2.86. The van der Waals surface area contributed by atoms with E-state index in [-0.39, 0.29) is 24.1 Å². The lowest BCUT2D eigenvalue weighted by atomic mass is 9.96. The summed E-state index contributed by atoms with van der Waals surface area (Å²) in [5.41, 5.74) is 1.88. The van der Waals surface area contributed by atoms with Crippen LogP contribution in [0.15, 0.2) is 42.5 Å². The van der Waals surface area contributed by atoms with E-state index < -0.39 is 17.5 Å². The van der Waals surface area contributed by atoms with Crippen molar-refractivity contribution in [3.05, 3.63) is 70.8 Å². The van der Waals surface area contributed by atoms with Gasteiger partial charge < -0.3 is 9.64 Å². The molecule has 0 radical (unpaired) electrons. The minimum absolute atomic E-state index is 0.156. The van der Waals surface area contributed by atoms with Crippen molar-refractivity contribution in [2.24, 2.45) is 5.92 Å². The Kier molecular flexibility index (Phi) is 5.84. The van der Waals surface area contributed by atoms with Gasteiger partial charge in [0.25, 0.3) is 5.91 Å². The molecule has 1 fully saturated rings. The van der Waals surface area contributed by atoms with Crippen molar-refractivity contribution in [2.75, 3.05) is 13.1 Å². The van der Waals surface area contributed by atoms with Gasteiger partial charge in [0.15, 0.2) is 0 Å². The Hall–Kier alpha value is -2.76. The molecule has 0 bridgehead atoms. The van der Waals surface area contributed by atoms with Crippen LogP contribution in [0.5, 0.6) is 0 Å². The van der Waals surface area contributed by atoms with Crippen LogP contribution >= 0.6 is 0 Å². The Morgan fingerprint density at radius 1 is 1.11 bits per heavy atom. The molecule has 1 heterocycles. The molecule has 27 heavy (non-hydrogen) atoms. The minimum Gasteiger partial charge on any atom is -0.461 e. The molecule has 2 aromatic rings. The summed E-state index contributed by atoms with van der Waals surface area (Å²) in [7, 11) is 0. The number of aryl methyl sites for hydroxylation is 1. The van der Waals surface area contributed by atoms with Gasteiger partial charge in [0.1, 0.15) is 18.2 Å². The van der Waals surface area contributed by atoms with Gasteiger partial charge in [0.2, 0.25) is 0 Å². The number of esters is 1. The number of likely N-dealkylation sites (tertiary alicyclic amines) is 1. The summed E-state index contributed by atoms with van der Waals surface area (Å²) in [5.74, 6) is -2.65. The molecule has 1 aliphatic rings. The minimum atomic E-state index is -0.875. The predicted octanol–water partition coefficient (Wildman–Crippen LogP) is 3.87. The monoisotopic (exact) mass is 373 g/mol. The number of carbonyl (C=O) groups excluding carboxylic acids is 2. The largest absolute Gasteiger partial charge is 0.461 e. The fourth-order valence-electron chi connectivity index (χ4n) is 3.23. The number of ether oxygens (including phenoxy) is 1. The van der Waals surface area contributed by atoms with Crippen molar-refractivity contribution >= 4 is 11.9 Å². The van der Waals surface area contributed by atoms with Crippen molar-refractivity contribution in [1.82, 2.24) is 4.90 Å². The van der Waals surface area contributed by atoms with E-state index >= 15 is 0 Å². The molecule has 0 aliphatic carbocycles. The molecule has 1 amide bonds. The molecule has 142 valence electrons. The zero-order valence-electron chi connectivity index (χ0n) is 15.1. The molecule has 1 aliphatic heterocycles. The first kappa shape index (κ1) is 19.0. The molecule has 4 nitrogen and oxygen atoms in total. The zero-order valence-corrected chi connectivity index (χ0v) is 15.1. The topological polar surface area (TPSA) is 46.6 Å².